The molecular weight excluding hydrogens is 270 g/mol. The third kappa shape index (κ3) is 1.38. The molecule has 0 spiro atoms. The number of amides is 1. The molecule has 5 heteroatoms. The van der Waals surface area contributed by atoms with Crippen LogP contribution in [0, 0.1) is 6.92 Å². The van der Waals surface area contributed by atoms with Crippen LogP contribution in [0.3, 0.4) is 0 Å². The van der Waals surface area contributed by atoms with Crippen molar-refractivity contribution in [2.24, 2.45) is 0 Å². The first-order chi connectivity index (χ1) is 10.0. The first-order valence-electron chi connectivity index (χ1n) is 6.53. The molecule has 4 rings (SSSR count). The Morgan fingerprint density at radius 3 is 2.67 bits per heavy atom. The number of anilines is 1. The predicted molar refractivity (Wildman–Crippen MR) is 73.7 cm³/mol. The molecule has 0 bridgehead atoms. The van der Waals surface area contributed by atoms with Gasteiger partial charge in [0.1, 0.15) is 0 Å². The number of ether oxygens (including phenoxy) is 1. The molecule has 5 nitrogen and oxygen atoms in total. The Kier molecular flexibility index (Phi) is 2.14. The van der Waals surface area contributed by atoms with Gasteiger partial charge in [-0.05, 0) is 31.2 Å². The van der Waals surface area contributed by atoms with Gasteiger partial charge >= 0.3 is 11.9 Å². The number of nitrogens with zero attached hydrogens (tertiary/aromatic N) is 1. The molecule has 21 heavy (non-hydrogen) atoms. The molecule has 0 fully saturated rings. The van der Waals surface area contributed by atoms with E-state index in [4.69, 9.17) is 4.74 Å². The smallest absolute Gasteiger partial charge is 0.344 e. The summed E-state index contributed by atoms with van der Waals surface area (Å²) in [4.78, 5) is 25.9. The van der Waals surface area contributed by atoms with Crippen LogP contribution in [0.5, 0.6) is 0 Å². The second-order valence-electron chi connectivity index (χ2n) is 5.20. The summed E-state index contributed by atoms with van der Waals surface area (Å²) in [6.45, 7) is 1.84. The molecule has 1 amide bonds. The lowest BCUT2D eigenvalue weighted by Gasteiger charge is -2.37. The van der Waals surface area contributed by atoms with Crippen LogP contribution in [-0.4, -0.2) is 17.0 Å². The Labute approximate surface area is 120 Å². The van der Waals surface area contributed by atoms with Crippen molar-refractivity contribution in [2.75, 3.05) is 4.90 Å². The molecule has 2 heterocycles. The van der Waals surface area contributed by atoms with Gasteiger partial charge in [-0.3, -0.25) is 4.79 Å². The minimum atomic E-state index is -2.06. The van der Waals surface area contributed by atoms with E-state index in [2.05, 4.69) is 0 Å². The SMILES string of the molecule is Cc1ccc2c(c1)C(=O)OC1(O)c3ccccc3C(=O)N21. The Morgan fingerprint density at radius 2 is 1.86 bits per heavy atom. The number of aliphatic hydroxyl groups is 1. The summed E-state index contributed by atoms with van der Waals surface area (Å²) in [5, 5.41) is 10.8. The fourth-order valence-corrected chi connectivity index (χ4v) is 2.90. The van der Waals surface area contributed by atoms with Gasteiger partial charge in [0.15, 0.2) is 0 Å². The van der Waals surface area contributed by atoms with Gasteiger partial charge < -0.3 is 9.84 Å². The van der Waals surface area contributed by atoms with Crippen LogP contribution >= 0.6 is 0 Å². The molecule has 104 valence electrons. The van der Waals surface area contributed by atoms with Crippen LogP contribution in [0.1, 0.15) is 31.8 Å². The summed E-state index contributed by atoms with van der Waals surface area (Å²) in [6.07, 6.45) is 0. The Morgan fingerprint density at radius 1 is 1.10 bits per heavy atom. The number of carbonyl (C=O) groups is 2. The number of hydrogen-bond acceptors (Lipinski definition) is 4. The molecule has 0 aromatic heterocycles. The molecule has 2 aromatic carbocycles. The third-order valence-electron chi connectivity index (χ3n) is 3.86. The normalized spacial score (nSPS) is 22.5. The summed E-state index contributed by atoms with van der Waals surface area (Å²) in [7, 11) is 0. The number of carbonyl (C=O) groups excluding carboxylic acids is 2. The lowest BCUT2D eigenvalue weighted by molar-refractivity contribution is -0.167. The molecule has 1 atom stereocenters. The Bertz CT molecular complexity index is 814. The van der Waals surface area contributed by atoms with E-state index in [1.807, 2.05) is 6.92 Å². The highest BCUT2D eigenvalue weighted by Gasteiger charge is 2.56. The number of esters is 1. The molecule has 1 unspecified atom stereocenters. The molecular formula is C16H11NO4. The van der Waals surface area contributed by atoms with Crippen molar-refractivity contribution in [2.45, 2.75) is 12.8 Å². The standard InChI is InChI=1S/C16H11NO4/c1-9-6-7-13-11(8-9)15(19)21-16(20)12-5-3-2-4-10(12)14(18)17(13)16/h2-8,20H,1H3. The molecule has 0 saturated carbocycles. The van der Waals surface area contributed by atoms with Crippen LogP contribution in [-0.2, 0) is 10.6 Å². The molecule has 2 aliphatic heterocycles. The van der Waals surface area contributed by atoms with Crippen molar-refractivity contribution in [3.05, 3.63) is 64.7 Å². The van der Waals surface area contributed by atoms with Crippen LogP contribution < -0.4 is 4.90 Å². The van der Waals surface area contributed by atoms with Crippen molar-refractivity contribution < 1.29 is 19.4 Å². The zero-order valence-electron chi connectivity index (χ0n) is 11.2. The van der Waals surface area contributed by atoms with E-state index in [-0.39, 0.29) is 17.0 Å². The van der Waals surface area contributed by atoms with Crippen molar-refractivity contribution in [1.82, 2.24) is 0 Å². The summed E-state index contributed by atoms with van der Waals surface area (Å²) in [6, 6.07) is 11.7. The average molecular weight is 281 g/mol. The molecule has 2 aromatic rings. The van der Waals surface area contributed by atoms with Gasteiger partial charge in [-0.15, -0.1) is 0 Å². The van der Waals surface area contributed by atoms with Crippen LogP contribution in [0.25, 0.3) is 0 Å². The van der Waals surface area contributed by atoms with Crippen molar-refractivity contribution in [1.29, 1.82) is 0 Å². The Balaban J connectivity index is 2.02. The van der Waals surface area contributed by atoms with E-state index in [9.17, 15) is 14.7 Å². The van der Waals surface area contributed by atoms with Crippen LogP contribution in [0.4, 0.5) is 5.69 Å². The number of rotatable bonds is 0. The number of aryl methyl sites for hydroxylation is 1. The van der Waals surface area contributed by atoms with E-state index < -0.39 is 11.9 Å². The summed E-state index contributed by atoms with van der Waals surface area (Å²) < 4.78 is 5.20. The van der Waals surface area contributed by atoms with Gasteiger partial charge in [0.05, 0.1) is 22.4 Å². The first-order valence-corrected chi connectivity index (χ1v) is 6.53. The van der Waals surface area contributed by atoms with Gasteiger partial charge in [-0.1, -0.05) is 23.8 Å². The zero-order valence-corrected chi connectivity index (χ0v) is 11.2. The lowest BCUT2D eigenvalue weighted by Crippen LogP contribution is -2.51. The second-order valence-corrected chi connectivity index (χ2v) is 5.20. The minimum Gasteiger partial charge on any atom is -0.405 e. The molecule has 0 saturated heterocycles. The number of hydrogen-bond donors (Lipinski definition) is 1. The van der Waals surface area contributed by atoms with Crippen LogP contribution in [0.2, 0.25) is 0 Å². The lowest BCUT2D eigenvalue weighted by atomic mass is 10.1. The van der Waals surface area contributed by atoms with Crippen molar-refractivity contribution in [3.63, 3.8) is 0 Å². The highest BCUT2D eigenvalue weighted by atomic mass is 16.7. The summed E-state index contributed by atoms with van der Waals surface area (Å²) >= 11 is 0. The van der Waals surface area contributed by atoms with Gasteiger partial charge in [0, 0.05) is 0 Å². The molecule has 0 aliphatic carbocycles. The first kappa shape index (κ1) is 12.1. The quantitative estimate of drug-likeness (QED) is 0.749. The van der Waals surface area contributed by atoms with Crippen molar-refractivity contribution in [3.8, 4) is 0 Å². The van der Waals surface area contributed by atoms with Gasteiger partial charge in [0.2, 0.25) is 0 Å². The third-order valence-corrected chi connectivity index (χ3v) is 3.86. The topological polar surface area (TPSA) is 66.8 Å². The van der Waals surface area contributed by atoms with E-state index in [1.165, 1.54) is 0 Å². The second kappa shape index (κ2) is 3.71. The summed E-state index contributed by atoms with van der Waals surface area (Å²) in [5.41, 5.74) is 2.14. The summed E-state index contributed by atoms with van der Waals surface area (Å²) in [5.74, 6) is -3.09. The fraction of sp³-hybridized carbons (Fsp3) is 0.125. The van der Waals surface area contributed by atoms with E-state index in [0.717, 1.165) is 10.5 Å². The van der Waals surface area contributed by atoms with Gasteiger partial charge in [-0.25, -0.2) is 9.69 Å². The minimum absolute atomic E-state index is 0.279. The highest BCUT2D eigenvalue weighted by Crippen LogP contribution is 2.46. The molecule has 0 radical (unpaired) electrons. The van der Waals surface area contributed by atoms with E-state index in [0.29, 0.717) is 11.3 Å². The average Bonchev–Trinajstić information content (AvgIpc) is 2.69. The predicted octanol–water partition coefficient (Wildman–Crippen LogP) is 1.93. The maximum atomic E-state index is 12.6. The van der Waals surface area contributed by atoms with Gasteiger partial charge in [-0.2, -0.15) is 0 Å². The Hall–Kier alpha value is -2.66. The van der Waals surface area contributed by atoms with Crippen LogP contribution in [0.15, 0.2) is 42.5 Å². The number of fused-ring (bicyclic) bond motifs is 5. The van der Waals surface area contributed by atoms with Crippen molar-refractivity contribution >= 4 is 17.6 Å². The largest absolute Gasteiger partial charge is 0.405 e. The molecule has 1 N–H and O–H groups in total. The zero-order chi connectivity index (χ0) is 14.8. The van der Waals surface area contributed by atoms with E-state index >= 15 is 0 Å². The van der Waals surface area contributed by atoms with E-state index in [1.54, 1.807) is 42.5 Å². The maximum absolute atomic E-state index is 12.6. The van der Waals surface area contributed by atoms with Gasteiger partial charge in [0.25, 0.3) is 5.91 Å². The number of benzene rings is 2. The maximum Gasteiger partial charge on any atom is 0.344 e. The monoisotopic (exact) mass is 281 g/mol. The molecule has 2 aliphatic rings. The fourth-order valence-electron chi connectivity index (χ4n) is 2.90. The highest BCUT2D eigenvalue weighted by molar-refractivity contribution is 6.15.